The van der Waals surface area contributed by atoms with Crippen LogP contribution in [0, 0.1) is 11.8 Å². The fourth-order valence-corrected chi connectivity index (χ4v) is 0.692. The second kappa shape index (κ2) is 3.14. The van der Waals surface area contributed by atoms with Crippen molar-refractivity contribution in [2.45, 2.75) is 19.8 Å². The summed E-state index contributed by atoms with van der Waals surface area (Å²) in [6.45, 7) is 2.10. The van der Waals surface area contributed by atoms with E-state index in [1.165, 1.54) is 5.57 Å². The van der Waals surface area contributed by atoms with Gasteiger partial charge in [0.25, 0.3) is 0 Å². The van der Waals surface area contributed by atoms with Crippen molar-refractivity contribution in [2.24, 2.45) is 0 Å². The monoisotopic (exact) mass is 118 g/mol. The Labute approximate surface area is 56.3 Å². The molecule has 0 radical (unpaired) electrons. The predicted molar refractivity (Wildman–Crippen MR) is 39.9 cm³/mol. The predicted octanol–water partition coefficient (Wildman–Crippen LogP) is 2.29. The van der Waals surface area contributed by atoms with Crippen molar-refractivity contribution in [3.8, 4) is 11.8 Å². The van der Waals surface area contributed by atoms with Crippen molar-refractivity contribution in [3.63, 3.8) is 0 Å². The molecule has 1 rings (SSSR count). The van der Waals surface area contributed by atoms with Crippen molar-refractivity contribution in [1.82, 2.24) is 0 Å². The van der Waals surface area contributed by atoms with Crippen LogP contribution in [0.5, 0.6) is 0 Å². The van der Waals surface area contributed by atoms with E-state index in [0.717, 1.165) is 12.8 Å². The summed E-state index contributed by atoms with van der Waals surface area (Å²) >= 11 is 0. The second-order valence-electron chi connectivity index (χ2n) is 2.18. The molecular weight excluding hydrogens is 108 g/mol. The molecule has 0 bridgehead atoms. The second-order valence-corrected chi connectivity index (χ2v) is 2.18. The molecule has 0 saturated carbocycles. The quantitative estimate of drug-likeness (QED) is 0.428. The van der Waals surface area contributed by atoms with Crippen molar-refractivity contribution < 1.29 is 0 Å². The van der Waals surface area contributed by atoms with Crippen LogP contribution in [0.3, 0.4) is 0 Å². The molecule has 46 valence electrons. The fraction of sp³-hybridized carbons (Fsp3) is 0.333. The van der Waals surface area contributed by atoms with E-state index in [0.29, 0.717) is 0 Å². The minimum Gasteiger partial charge on any atom is -0.0988 e. The molecule has 0 amide bonds. The molecule has 0 heterocycles. The summed E-state index contributed by atoms with van der Waals surface area (Å²) in [4.78, 5) is 0. The molecule has 0 aliphatic heterocycles. The normalized spacial score (nSPS) is 26.1. The smallest absolute Gasteiger partial charge is 0.0299 e. The molecule has 0 fully saturated rings. The van der Waals surface area contributed by atoms with Gasteiger partial charge in [-0.05, 0) is 6.92 Å². The molecule has 9 heavy (non-hydrogen) atoms. The lowest BCUT2D eigenvalue weighted by Crippen LogP contribution is -1.74. The minimum absolute atomic E-state index is 0.907. The Morgan fingerprint density at radius 2 is 2.33 bits per heavy atom. The third kappa shape index (κ3) is 2.19. The maximum absolute atomic E-state index is 3.07. The first-order chi connectivity index (χ1) is 4.39. The zero-order valence-corrected chi connectivity index (χ0v) is 5.65. The Kier molecular flexibility index (Phi) is 2.15. The lowest BCUT2D eigenvalue weighted by atomic mass is 10.1. The third-order valence-electron chi connectivity index (χ3n) is 1.23. The summed E-state index contributed by atoms with van der Waals surface area (Å²) < 4.78 is 0. The van der Waals surface area contributed by atoms with Crippen LogP contribution in [-0.4, -0.2) is 0 Å². The van der Waals surface area contributed by atoms with E-state index in [9.17, 15) is 0 Å². The standard InChI is InChI=1S/C9H10/c1-9-7-5-3-2-4-6-8-9/h3,5,7H,2,8H2,1H3/b5-3-,9-7-. The van der Waals surface area contributed by atoms with Crippen LogP contribution >= 0.6 is 0 Å². The Bertz CT molecular complexity index is 196. The van der Waals surface area contributed by atoms with Gasteiger partial charge >= 0.3 is 0 Å². The van der Waals surface area contributed by atoms with Gasteiger partial charge in [-0.25, -0.2) is 0 Å². The molecule has 0 spiro atoms. The minimum atomic E-state index is 0.907. The van der Waals surface area contributed by atoms with Gasteiger partial charge in [0.15, 0.2) is 0 Å². The van der Waals surface area contributed by atoms with Gasteiger partial charge in [-0.3, -0.25) is 0 Å². The molecule has 0 nitrogen and oxygen atoms in total. The van der Waals surface area contributed by atoms with Crippen molar-refractivity contribution in [1.29, 1.82) is 0 Å². The van der Waals surface area contributed by atoms with E-state index < -0.39 is 0 Å². The average molecular weight is 118 g/mol. The Balaban J connectivity index is 2.69. The number of allylic oxidation sites excluding steroid dienone is 4. The van der Waals surface area contributed by atoms with E-state index in [-0.39, 0.29) is 0 Å². The maximum Gasteiger partial charge on any atom is 0.0299 e. The van der Waals surface area contributed by atoms with Crippen LogP contribution in [0.15, 0.2) is 23.8 Å². The number of hydrogen-bond donors (Lipinski definition) is 0. The molecule has 0 aromatic carbocycles. The SMILES string of the molecule is C/C1=C/C=C\CC#CC1. The van der Waals surface area contributed by atoms with Gasteiger partial charge in [-0.15, -0.1) is 0 Å². The third-order valence-corrected chi connectivity index (χ3v) is 1.23. The van der Waals surface area contributed by atoms with Crippen molar-refractivity contribution >= 4 is 0 Å². The summed E-state index contributed by atoms with van der Waals surface area (Å²) in [5.74, 6) is 6.11. The summed E-state index contributed by atoms with van der Waals surface area (Å²) in [6.07, 6.45) is 8.11. The lowest BCUT2D eigenvalue weighted by molar-refractivity contribution is 1.23. The van der Waals surface area contributed by atoms with Gasteiger partial charge in [0.1, 0.15) is 0 Å². The molecule has 1 aliphatic carbocycles. The first kappa shape index (κ1) is 6.16. The fourth-order valence-electron chi connectivity index (χ4n) is 0.692. The van der Waals surface area contributed by atoms with E-state index in [4.69, 9.17) is 0 Å². The first-order valence-corrected chi connectivity index (χ1v) is 3.17. The highest BCUT2D eigenvalue weighted by molar-refractivity contribution is 5.21. The van der Waals surface area contributed by atoms with Crippen molar-refractivity contribution in [3.05, 3.63) is 23.8 Å². The van der Waals surface area contributed by atoms with E-state index in [1.54, 1.807) is 0 Å². The highest BCUT2D eigenvalue weighted by Crippen LogP contribution is 2.00. The van der Waals surface area contributed by atoms with Gasteiger partial charge in [-0.2, -0.15) is 0 Å². The molecule has 0 saturated heterocycles. The van der Waals surface area contributed by atoms with Crippen LogP contribution in [0.25, 0.3) is 0 Å². The van der Waals surface area contributed by atoms with E-state index in [1.807, 2.05) is 0 Å². The molecule has 0 N–H and O–H groups in total. The molecule has 1 aliphatic rings. The zero-order chi connectivity index (χ0) is 6.53. The summed E-state index contributed by atoms with van der Waals surface area (Å²) in [5.41, 5.74) is 1.35. The highest BCUT2D eigenvalue weighted by atomic mass is 13.9. The van der Waals surface area contributed by atoms with Crippen LogP contribution in [-0.2, 0) is 0 Å². The van der Waals surface area contributed by atoms with Crippen LogP contribution in [0.4, 0.5) is 0 Å². The highest BCUT2D eigenvalue weighted by Gasteiger charge is 1.83. The van der Waals surface area contributed by atoms with Crippen molar-refractivity contribution in [2.75, 3.05) is 0 Å². The number of rotatable bonds is 0. The van der Waals surface area contributed by atoms with E-state index >= 15 is 0 Å². The molecular formula is C9H10. The van der Waals surface area contributed by atoms with Gasteiger partial charge < -0.3 is 0 Å². The average Bonchev–Trinajstić information content (AvgIpc) is 1.79. The number of hydrogen-bond acceptors (Lipinski definition) is 0. The summed E-state index contributed by atoms with van der Waals surface area (Å²) in [5, 5.41) is 0. The van der Waals surface area contributed by atoms with E-state index in [2.05, 4.69) is 37.0 Å². The molecule has 0 unspecified atom stereocenters. The molecule has 0 aromatic heterocycles. The van der Waals surface area contributed by atoms with Gasteiger partial charge in [0.05, 0.1) is 0 Å². The molecule has 0 atom stereocenters. The van der Waals surface area contributed by atoms with Crippen LogP contribution in [0.1, 0.15) is 19.8 Å². The first-order valence-electron chi connectivity index (χ1n) is 3.17. The van der Waals surface area contributed by atoms with Gasteiger partial charge in [0, 0.05) is 12.8 Å². The topological polar surface area (TPSA) is 0 Å². The maximum atomic E-state index is 3.07. The van der Waals surface area contributed by atoms with Gasteiger partial charge in [-0.1, -0.05) is 35.6 Å². The van der Waals surface area contributed by atoms with Gasteiger partial charge in [0.2, 0.25) is 0 Å². The summed E-state index contributed by atoms with van der Waals surface area (Å²) in [6, 6.07) is 0. The largest absolute Gasteiger partial charge is 0.0988 e. The lowest BCUT2D eigenvalue weighted by Gasteiger charge is -1.91. The Morgan fingerprint density at radius 3 is 3.22 bits per heavy atom. The van der Waals surface area contributed by atoms with Crippen LogP contribution in [0.2, 0.25) is 0 Å². The Morgan fingerprint density at radius 1 is 1.44 bits per heavy atom. The Hall–Kier alpha value is -0.960. The zero-order valence-electron chi connectivity index (χ0n) is 5.65. The summed E-state index contributed by atoms with van der Waals surface area (Å²) in [7, 11) is 0. The van der Waals surface area contributed by atoms with Crippen LogP contribution < -0.4 is 0 Å². The molecule has 0 aromatic rings. The molecule has 0 heteroatoms.